The van der Waals surface area contributed by atoms with Gasteiger partial charge in [-0.05, 0) is 56.1 Å². The number of amides is 4. The highest BCUT2D eigenvalue weighted by Gasteiger charge is 2.52. The number of imide groups is 1. The molecule has 1 aromatic carbocycles. The minimum atomic E-state index is -4.58. The van der Waals surface area contributed by atoms with Crippen LogP contribution in [0.3, 0.4) is 0 Å². The summed E-state index contributed by atoms with van der Waals surface area (Å²) in [6, 6.07) is 13.3. The number of thiophene rings is 1. The lowest BCUT2D eigenvalue weighted by Gasteiger charge is -2.27. The molecule has 0 atom stereocenters. The number of nitrogens with one attached hydrogen (secondary N) is 2. The van der Waals surface area contributed by atoms with Gasteiger partial charge < -0.3 is 15.5 Å². The maximum Gasteiger partial charge on any atom is 0.417 e. The van der Waals surface area contributed by atoms with E-state index in [0.29, 0.717) is 29.3 Å². The lowest BCUT2D eigenvalue weighted by Crippen LogP contribution is -2.43. The van der Waals surface area contributed by atoms with Gasteiger partial charge in [0.2, 0.25) is 5.91 Å². The van der Waals surface area contributed by atoms with Crippen LogP contribution in [-0.2, 0) is 28.7 Å². The summed E-state index contributed by atoms with van der Waals surface area (Å²) in [6.45, 7) is 4.31. The third kappa shape index (κ3) is 6.63. The minimum Gasteiger partial charge on any atom is -0.316 e. The van der Waals surface area contributed by atoms with Gasteiger partial charge in [-0.15, -0.1) is 11.3 Å². The molecule has 2 N–H and O–H groups in total. The third-order valence-corrected chi connectivity index (χ3v) is 7.27. The van der Waals surface area contributed by atoms with Crippen molar-refractivity contribution in [3.63, 3.8) is 0 Å². The molecule has 39 heavy (non-hydrogen) atoms. The van der Waals surface area contributed by atoms with Gasteiger partial charge in [0.25, 0.3) is 5.91 Å². The second-order valence-corrected chi connectivity index (χ2v) is 10.5. The number of alkyl halides is 3. The number of halogens is 3. The Morgan fingerprint density at radius 3 is 2.49 bits per heavy atom. The summed E-state index contributed by atoms with van der Waals surface area (Å²) >= 11 is 0.683. The monoisotopic (exact) mass is 559 g/mol. The van der Waals surface area contributed by atoms with Crippen molar-refractivity contribution in [2.24, 2.45) is 0 Å². The maximum absolute atomic E-state index is 13.2. The predicted octanol–water partition coefficient (Wildman–Crippen LogP) is 5.07. The molecule has 0 spiro atoms. The molecule has 0 unspecified atom stereocenters. The van der Waals surface area contributed by atoms with Crippen LogP contribution in [0, 0.1) is 0 Å². The van der Waals surface area contributed by atoms with E-state index in [9.17, 15) is 27.6 Å². The van der Waals surface area contributed by atoms with Gasteiger partial charge in [0.15, 0.2) is 0 Å². The SMILES string of the molecule is CC1(C)C(=O)N(c2cc(C(F)(F)F)cs2)C(=O)N1Cc1ccnc(NC(=O)CCNCCc2ccccc2)c1. The Balaban J connectivity index is 1.34. The molecule has 1 fully saturated rings. The molecule has 4 rings (SSSR count). The van der Waals surface area contributed by atoms with Crippen molar-refractivity contribution in [1.29, 1.82) is 0 Å². The highest BCUT2D eigenvalue weighted by Crippen LogP contribution is 2.40. The van der Waals surface area contributed by atoms with Gasteiger partial charge in [-0.1, -0.05) is 30.3 Å². The van der Waals surface area contributed by atoms with Crippen LogP contribution >= 0.6 is 11.3 Å². The second kappa shape index (κ2) is 11.5. The average Bonchev–Trinajstić information content (AvgIpc) is 3.43. The Bertz CT molecular complexity index is 1340. The predicted molar refractivity (Wildman–Crippen MR) is 142 cm³/mol. The normalized spacial score (nSPS) is 15.2. The molecule has 3 aromatic rings. The van der Waals surface area contributed by atoms with Crippen molar-refractivity contribution in [3.8, 4) is 0 Å². The van der Waals surface area contributed by atoms with E-state index >= 15 is 0 Å². The number of benzene rings is 1. The van der Waals surface area contributed by atoms with Crippen molar-refractivity contribution >= 4 is 40.0 Å². The van der Waals surface area contributed by atoms with E-state index in [2.05, 4.69) is 15.6 Å². The van der Waals surface area contributed by atoms with Crippen LogP contribution in [0.4, 0.5) is 28.8 Å². The van der Waals surface area contributed by atoms with Crippen LogP contribution in [0.5, 0.6) is 0 Å². The van der Waals surface area contributed by atoms with Gasteiger partial charge in [0.05, 0.1) is 5.56 Å². The summed E-state index contributed by atoms with van der Waals surface area (Å²) in [7, 11) is 0. The van der Waals surface area contributed by atoms with Crippen LogP contribution < -0.4 is 15.5 Å². The molecule has 0 aliphatic carbocycles. The molecule has 12 heteroatoms. The maximum atomic E-state index is 13.2. The highest BCUT2D eigenvalue weighted by atomic mass is 32.1. The average molecular weight is 560 g/mol. The summed E-state index contributed by atoms with van der Waals surface area (Å²) < 4.78 is 39.2. The zero-order chi connectivity index (χ0) is 28.2. The molecule has 1 aliphatic heterocycles. The number of hydrogen-bond acceptors (Lipinski definition) is 6. The van der Waals surface area contributed by atoms with Gasteiger partial charge in [-0.2, -0.15) is 13.2 Å². The second-order valence-electron chi connectivity index (χ2n) is 9.57. The lowest BCUT2D eigenvalue weighted by molar-refractivity contribution is -0.137. The quantitative estimate of drug-likeness (QED) is 0.267. The first kappa shape index (κ1) is 28.2. The molecule has 206 valence electrons. The van der Waals surface area contributed by atoms with Crippen LogP contribution in [0.1, 0.15) is 37.0 Å². The molecule has 4 amide bonds. The van der Waals surface area contributed by atoms with Crippen LogP contribution in [0.25, 0.3) is 0 Å². The number of aromatic nitrogens is 1. The van der Waals surface area contributed by atoms with Crippen LogP contribution in [0.15, 0.2) is 60.1 Å². The molecule has 0 radical (unpaired) electrons. The Labute approximate surface area is 227 Å². The molecular formula is C27H28F3N5O3S. The van der Waals surface area contributed by atoms with E-state index in [0.717, 1.165) is 29.3 Å². The molecule has 3 heterocycles. The van der Waals surface area contributed by atoms with E-state index in [1.54, 1.807) is 26.0 Å². The minimum absolute atomic E-state index is 0.00198. The van der Waals surface area contributed by atoms with Crippen LogP contribution in [0.2, 0.25) is 0 Å². The molecule has 2 aromatic heterocycles. The van der Waals surface area contributed by atoms with Gasteiger partial charge in [0, 0.05) is 31.1 Å². The van der Waals surface area contributed by atoms with Crippen molar-refractivity contribution in [3.05, 3.63) is 76.8 Å². The van der Waals surface area contributed by atoms with Crippen molar-refractivity contribution in [2.45, 2.75) is 44.9 Å². The molecule has 8 nitrogen and oxygen atoms in total. The Morgan fingerprint density at radius 1 is 1.05 bits per heavy atom. The number of carbonyl (C=O) groups is 3. The molecule has 0 bridgehead atoms. The summed E-state index contributed by atoms with van der Waals surface area (Å²) in [5, 5.41) is 6.75. The van der Waals surface area contributed by atoms with E-state index in [1.165, 1.54) is 16.7 Å². The molecule has 1 aliphatic rings. The van der Waals surface area contributed by atoms with Crippen molar-refractivity contribution in [2.75, 3.05) is 23.3 Å². The smallest absolute Gasteiger partial charge is 0.316 e. The Kier molecular flexibility index (Phi) is 8.36. The van der Waals surface area contributed by atoms with E-state index in [-0.39, 0.29) is 23.9 Å². The number of rotatable bonds is 10. The zero-order valence-electron chi connectivity index (χ0n) is 21.4. The summed E-state index contributed by atoms with van der Waals surface area (Å²) in [6.07, 6.45) is -2.01. The van der Waals surface area contributed by atoms with E-state index in [1.807, 2.05) is 30.3 Å². The highest BCUT2D eigenvalue weighted by molar-refractivity contribution is 7.14. The fraction of sp³-hybridized carbons (Fsp3) is 0.333. The van der Waals surface area contributed by atoms with Gasteiger partial charge >= 0.3 is 12.2 Å². The van der Waals surface area contributed by atoms with Crippen LogP contribution in [-0.4, -0.2) is 46.4 Å². The zero-order valence-corrected chi connectivity index (χ0v) is 22.2. The van der Waals surface area contributed by atoms with Crippen molar-refractivity contribution < 1.29 is 27.6 Å². The molecular weight excluding hydrogens is 531 g/mol. The van der Waals surface area contributed by atoms with Gasteiger partial charge in [0.1, 0.15) is 16.4 Å². The lowest BCUT2D eigenvalue weighted by atomic mass is 10.0. The summed E-state index contributed by atoms with van der Waals surface area (Å²) in [4.78, 5) is 44.9. The van der Waals surface area contributed by atoms with E-state index < -0.39 is 29.2 Å². The number of anilines is 2. The van der Waals surface area contributed by atoms with Gasteiger partial charge in [-0.3, -0.25) is 9.59 Å². The Morgan fingerprint density at radius 2 is 1.79 bits per heavy atom. The van der Waals surface area contributed by atoms with E-state index in [4.69, 9.17) is 0 Å². The number of carbonyl (C=O) groups excluding carboxylic acids is 3. The first-order chi connectivity index (χ1) is 18.5. The topological polar surface area (TPSA) is 94.6 Å². The first-order valence-corrected chi connectivity index (χ1v) is 13.2. The first-order valence-electron chi connectivity index (χ1n) is 12.3. The summed E-state index contributed by atoms with van der Waals surface area (Å²) in [5.74, 6) is -0.558. The number of hydrogen-bond donors (Lipinski definition) is 2. The van der Waals surface area contributed by atoms with Crippen molar-refractivity contribution in [1.82, 2.24) is 15.2 Å². The number of urea groups is 1. The fourth-order valence-electron chi connectivity index (χ4n) is 4.12. The van der Waals surface area contributed by atoms with Gasteiger partial charge in [-0.25, -0.2) is 14.7 Å². The molecule has 0 saturated carbocycles. The molecule has 1 saturated heterocycles. The Hall–Kier alpha value is -3.77. The standard InChI is InChI=1S/C27H28F3N5O3S/c1-26(2)24(37)35(23-15-20(17-39-23)27(28,29)30)25(38)34(26)16-19-9-13-32-21(14-19)33-22(36)10-12-31-11-8-18-6-4-3-5-7-18/h3-7,9,13-15,17,31H,8,10-12,16H2,1-2H3,(H,32,33,36). The fourth-order valence-corrected chi connectivity index (χ4v) is 5.03. The largest absolute Gasteiger partial charge is 0.417 e. The number of pyridine rings is 1. The number of nitrogens with zero attached hydrogens (tertiary/aromatic N) is 3. The summed E-state index contributed by atoms with van der Waals surface area (Å²) in [5.41, 5.74) is -0.404. The third-order valence-electron chi connectivity index (χ3n) is 6.35.